The minimum atomic E-state index is -2.99. The summed E-state index contributed by atoms with van der Waals surface area (Å²) in [7, 11) is -2.99. The number of sulfone groups is 1. The Morgan fingerprint density at radius 2 is 2.06 bits per heavy atom. The predicted octanol–water partition coefficient (Wildman–Crippen LogP) is 1.45. The van der Waals surface area contributed by atoms with Gasteiger partial charge in [-0.2, -0.15) is 0 Å². The van der Waals surface area contributed by atoms with Crippen LogP contribution < -0.4 is 5.32 Å². The van der Waals surface area contributed by atoms with Crippen molar-refractivity contribution < 1.29 is 13.5 Å². The van der Waals surface area contributed by atoms with Crippen LogP contribution in [0.4, 0.5) is 0 Å². The number of para-hydroxylation sites is 1. The van der Waals surface area contributed by atoms with E-state index in [1.807, 2.05) is 12.1 Å². The van der Waals surface area contributed by atoms with Crippen molar-refractivity contribution in [2.24, 2.45) is 0 Å². The summed E-state index contributed by atoms with van der Waals surface area (Å²) in [6.45, 7) is 0.503. The standard InChI is InChI=1S/C13H19NO3S/c1-18(16,17)13-8-4-6-11(13)14-9-10-5-2-3-7-12(10)15/h2-3,5,7,11,13-15H,4,6,8-9H2,1H3. The molecule has 1 aromatic rings. The monoisotopic (exact) mass is 269 g/mol. The molecule has 1 fully saturated rings. The molecule has 1 aliphatic rings. The first-order valence-electron chi connectivity index (χ1n) is 6.17. The fourth-order valence-corrected chi connectivity index (χ4v) is 4.00. The minimum Gasteiger partial charge on any atom is -0.508 e. The zero-order valence-electron chi connectivity index (χ0n) is 10.5. The Morgan fingerprint density at radius 3 is 2.72 bits per heavy atom. The molecule has 0 heterocycles. The number of nitrogens with one attached hydrogen (secondary N) is 1. The van der Waals surface area contributed by atoms with Gasteiger partial charge in [-0.05, 0) is 18.9 Å². The average molecular weight is 269 g/mol. The molecule has 2 rings (SSSR count). The van der Waals surface area contributed by atoms with E-state index >= 15 is 0 Å². The van der Waals surface area contributed by atoms with Crippen LogP contribution in [0.15, 0.2) is 24.3 Å². The van der Waals surface area contributed by atoms with Gasteiger partial charge in [-0.3, -0.25) is 0 Å². The van der Waals surface area contributed by atoms with Crippen LogP contribution in [-0.4, -0.2) is 31.1 Å². The van der Waals surface area contributed by atoms with Crippen LogP contribution in [0.2, 0.25) is 0 Å². The van der Waals surface area contributed by atoms with E-state index in [1.54, 1.807) is 12.1 Å². The Hall–Kier alpha value is -1.07. The second-order valence-electron chi connectivity index (χ2n) is 4.91. The van der Waals surface area contributed by atoms with Crippen LogP contribution >= 0.6 is 0 Å². The predicted molar refractivity (Wildman–Crippen MR) is 71.2 cm³/mol. The number of benzene rings is 1. The fourth-order valence-electron chi connectivity index (χ4n) is 2.57. The Balaban J connectivity index is 2.00. The van der Waals surface area contributed by atoms with Gasteiger partial charge in [-0.15, -0.1) is 0 Å². The lowest BCUT2D eigenvalue weighted by molar-refractivity contribution is 0.455. The van der Waals surface area contributed by atoms with E-state index in [4.69, 9.17) is 0 Å². The van der Waals surface area contributed by atoms with Gasteiger partial charge in [0, 0.05) is 24.4 Å². The molecule has 0 radical (unpaired) electrons. The average Bonchev–Trinajstić information content (AvgIpc) is 2.76. The molecule has 0 amide bonds. The Morgan fingerprint density at radius 1 is 1.33 bits per heavy atom. The lowest BCUT2D eigenvalue weighted by Crippen LogP contribution is -2.39. The molecular weight excluding hydrogens is 250 g/mol. The van der Waals surface area contributed by atoms with E-state index < -0.39 is 9.84 Å². The summed E-state index contributed by atoms with van der Waals surface area (Å²) >= 11 is 0. The number of rotatable bonds is 4. The van der Waals surface area contributed by atoms with Gasteiger partial charge in [0.05, 0.1) is 5.25 Å². The first-order chi connectivity index (χ1) is 8.48. The van der Waals surface area contributed by atoms with E-state index in [0.29, 0.717) is 6.54 Å². The third-order valence-electron chi connectivity index (χ3n) is 3.55. The smallest absolute Gasteiger partial charge is 0.151 e. The van der Waals surface area contributed by atoms with Crippen molar-refractivity contribution >= 4 is 9.84 Å². The second kappa shape index (κ2) is 5.28. The first-order valence-corrected chi connectivity index (χ1v) is 8.13. The summed E-state index contributed by atoms with van der Waals surface area (Å²) in [5.74, 6) is 0.249. The molecule has 0 bridgehead atoms. The molecule has 1 saturated carbocycles. The zero-order chi connectivity index (χ0) is 13.2. The lowest BCUT2D eigenvalue weighted by Gasteiger charge is -2.19. The van der Waals surface area contributed by atoms with Gasteiger partial charge in [0.25, 0.3) is 0 Å². The lowest BCUT2D eigenvalue weighted by atomic mass is 10.1. The highest BCUT2D eigenvalue weighted by Gasteiger charge is 2.34. The van der Waals surface area contributed by atoms with Crippen molar-refractivity contribution in [3.63, 3.8) is 0 Å². The van der Waals surface area contributed by atoms with E-state index in [2.05, 4.69) is 5.32 Å². The van der Waals surface area contributed by atoms with Gasteiger partial charge in [0.1, 0.15) is 5.75 Å². The molecule has 18 heavy (non-hydrogen) atoms. The molecule has 5 heteroatoms. The first kappa shape index (κ1) is 13.4. The highest BCUT2D eigenvalue weighted by molar-refractivity contribution is 7.91. The number of hydrogen-bond donors (Lipinski definition) is 2. The molecule has 1 aromatic carbocycles. The second-order valence-corrected chi connectivity index (χ2v) is 7.18. The largest absolute Gasteiger partial charge is 0.508 e. The van der Waals surface area contributed by atoms with Crippen molar-refractivity contribution in [1.82, 2.24) is 5.32 Å². The Labute approximate surface area is 108 Å². The van der Waals surface area contributed by atoms with Crippen molar-refractivity contribution in [2.75, 3.05) is 6.26 Å². The third-order valence-corrected chi connectivity index (χ3v) is 5.21. The number of phenols is 1. The molecule has 2 N–H and O–H groups in total. The maximum absolute atomic E-state index is 11.6. The molecule has 2 atom stereocenters. The normalized spacial score (nSPS) is 24.3. The van der Waals surface area contributed by atoms with Crippen molar-refractivity contribution in [3.8, 4) is 5.75 Å². The van der Waals surface area contributed by atoms with Gasteiger partial charge in [-0.25, -0.2) is 8.42 Å². The maximum Gasteiger partial charge on any atom is 0.151 e. The third kappa shape index (κ3) is 3.03. The van der Waals surface area contributed by atoms with Crippen LogP contribution in [0.25, 0.3) is 0 Å². The van der Waals surface area contributed by atoms with E-state index in [-0.39, 0.29) is 17.0 Å². The molecule has 0 aromatic heterocycles. The summed E-state index contributed by atoms with van der Waals surface area (Å²) in [4.78, 5) is 0. The van der Waals surface area contributed by atoms with Gasteiger partial charge in [-0.1, -0.05) is 24.6 Å². The minimum absolute atomic E-state index is 0.000365. The topological polar surface area (TPSA) is 66.4 Å². The molecule has 1 aliphatic carbocycles. The summed E-state index contributed by atoms with van der Waals surface area (Å²) in [6, 6.07) is 7.11. The van der Waals surface area contributed by atoms with Crippen molar-refractivity contribution in [3.05, 3.63) is 29.8 Å². The van der Waals surface area contributed by atoms with Crippen molar-refractivity contribution in [2.45, 2.75) is 37.1 Å². The van der Waals surface area contributed by atoms with Crippen molar-refractivity contribution in [1.29, 1.82) is 0 Å². The van der Waals surface area contributed by atoms with Crippen LogP contribution in [0.3, 0.4) is 0 Å². The highest BCUT2D eigenvalue weighted by Crippen LogP contribution is 2.26. The highest BCUT2D eigenvalue weighted by atomic mass is 32.2. The van der Waals surface area contributed by atoms with Gasteiger partial charge >= 0.3 is 0 Å². The summed E-state index contributed by atoms with van der Waals surface area (Å²) < 4.78 is 23.3. The van der Waals surface area contributed by atoms with Crippen LogP contribution in [-0.2, 0) is 16.4 Å². The van der Waals surface area contributed by atoms with Crippen LogP contribution in [0, 0.1) is 0 Å². The quantitative estimate of drug-likeness (QED) is 0.868. The number of hydrogen-bond acceptors (Lipinski definition) is 4. The fraction of sp³-hybridized carbons (Fsp3) is 0.538. The summed E-state index contributed by atoms with van der Waals surface area (Å²) in [5.41, 5.74) is 0.802. The number of phenolic OH excluding ortho intramolecular Hbond substituents is 1. The zero-order valence-corrected chi connectivity index (χ0v) is 11.3. The summed E-state index contributed by atoms with van der Waals surface area (Å²) in [5, 5.41) is 12.6. The molecule has 2 unspecified atom stereocenters. The Kier molecular flexibility index (Phi) is 3.92. The molecule has 4 nitrogen and oxygen atoms in total. The van der Waals surface area contributed by atoms with Gasteiger partial charge < -0.3 is 10.4 Å². The SMILES string of the molecule is CS(=O)(=O)C1CCCC1NCc1ccccc1O. The molecule has 0 spiro atoms. The molecule has 100 valence electrons. The maximum atomic E-state index is 11.6. The molecular formula is C13H19NO3S. The van der Waals surface area contributed by atoms with Gasteiger partial charge in [0.2, 0.25) is 0 Å². The van der Waals surface area contributed by atoms with E-state index in [0.717, 1.165) is 24.8 Å². The van der Waals surface area contributed by atoms with Crippen LogP contribution in [0.5, 0.6) is 5.75 Å². The van der Waals surface area contributed by atoms with Crippen LogP contribution in [0.1, 0.15) is 24.8 Å². The molecule has 0 saturated heterocycles. The van der Waals surface area contributed by atoms with E-state index in [1.165, 1.54) is 6.26 Å². The molecule has 0 aliphatic heterocycles. The number of aromatic hydroxyl groups is 1. The van der Waals surface area contributed by atoms with E-state index in [9.17, 15) is 13.5 Å². The Bertz CT molecular complexity index is 513. The summed E-state index contributed by atoms with van der Waals surface area (Å²) in [6.07, 6.45) is 3.86. The van der Waals surface area contributed by atoms with Gasteiger partial charge in [0.15, 0.2) is 9.84 Å².